The van der Waals surface area contributed by atoms with Gasteiger partial charge in [0.25, 0.3) is 0 Å². The fourth-order valence-electron chi connectivity index (χ4n) is 2.12. The molecule has 0 spiro atoms. The maximum Gasteiger partial charge on any atom is 0.218 e. The van der Waals surface area contributed by atoms with Gasteiger partial charge < -0.3 is 4.74 Å². The van der Waals surface area contributed by atoms with Crippen LogP contribution in [0.25, 0.3) is 5.65 Å². The quantitative estimate of drug-likeness (QED) is 0.758. The molecule has 17 heavy (non-hydrogen) atoms. The fourth-order valence-corrected chi connectivity index (χ4v) is 2.12. The molecular weight excluding hydrogens is 214 g/mol. The fraction of sp³-hybridized carbons (Fsp3) is 0.385. The van der Waals surface area contributed by atoms with Crippen LogP contribution in [0.15, 0.2) is 30.5 Å². The normalized spacial score (nSPS) is 15.8. The number of hydrogen-bond acceptors (Lipinski definition) is 3. The van der Waals surface area contributed by atoms with Crippen molar-refractivity contribution in [3.8, 4) is 5.88 Å². The molecule has 3 rings (SSSR count). The van der Waals surface area contributed by atoms with Gasteiger partial charge in [0.2, 0.25) is 5.88 Å². The molecule has 0 aliphatic heterocycles. The van der Waals surface area contributed by atoms with Crippen LogP contribution in [0.5, 0.6) is 5.88 Å². The number of aryl methyl sites for hydroxylation is 1. The van der Waals surface area contributed by atoms with Crippen LogP contribution in [-0.4, -0.2) is 21.2 Å². The highest BCUT2D eigenvalue weighted by atomic mass is 16.5. The summed E-state index contributed by atoms with van der Waals surface area (Å²) < 4.78 is 7.61. The Morgan fingerprint density at radius 1 is 1.41 bits per heavy atom. The van der Waals surface area contributed by atoms with E-state index in [1.165, 1.54) is 0 Å². The summed E-state index contributed by atoms with van der Waals surface area (Å²) in [6, 6.07) is 3.82. The van der Waals surface area contributed by atoms with Crippen molar-refractivity contribution in [3.05, 3.63) is 36.2 Å². The Bertz CT molecular complexity index is 551. The molecule has 2 aromatic rings. The van der Waals surface area contributed by atoms with Crippen molar-refractivity contribution < 1.29 is 4.74 Å². The van der Waals surface area contributed by atoms with E-state index in [1.54, 1.807) is 10.7 Å². The van der Waals surface area contributed by atoms with E-state index in [4.69, 9.17) is 4.74 Å². The Morgan fingerprint density at radius 3 is 3.06 bits per heavy atom. The van der Waals surface area contributed by atoms with Crippen LogP contribution in [0.1, 0.15) is 18.5 Å². The highest BCUT2D eigenvalue weighted by molar-refractivity contribution is 5.40. The molecule has 0 unspecified atom stereocenters. The summed E-state index contributed by atoms with van der Waals surface area (Å²) in [4.78, 5) is 4.38. The summed E-state index contributed by atoms with van der Waals surface area (Å²) in [7, 11) is 0. The molecule has 4 heteroatoms. The second-order valence-electron chi connectivity index (χ2n) is 4.46. The zero-order chi connectivity index (χ0) is 11.7. The second kappa shape index (κ2) is 4.20. The molecule has 0 atom stereocenters. The van der Waals surface area contributed by atoms with E-state index < -0.39 is 0 Å². The lowest BCUT2D eigenvalue weighted by atomic mass is 10.1. The summed E-state index contributed by atoms with van der Waals surface area (Å²) in [5.41, 5.74) is 1.79. The van der Waals surface area contributed by atoms with Gasteiger partial charge in [-0.3, -0.25) is 0 Å². The maximum atomic E-state index is 5.86. The monoisotopic (exact) mass is 229 g/mol. The van der Waals surface area contributed by atoms with Gasteiger partial charge in [0.05, 0.1) is 12.8 Å². The summed E-state index contributed by atoms with van der Waals surface area (Å²) >= 11 is 0. The van der Waals surface area contributed by atoms with Crippen molar-refractivity contribution >= 4 is 5.65 Å². The molecule has 0 radical (unpaired) electrons. The lowest BCUT2D eigenvalue weighted by Gasteiger charge is -2.12. The second-order valence-corrected chi connectivity index (χ2v) is 4.46. The van der Waals surface area contributed by atoms with Crippen LogP contribution in [0.4, 0.5) is 0 Å². The van der Waals surface area contributed by atoms with E-state index in [2.05, 4.69) is 22.2 Å². The lowest BCUT2D eigenvalue weighted by molar-refractivity contribution is 0.241. The van der Waals surface area contributed by atoms with Gasteiger partial charge in [0, 0.05) is 17.8 Å². The Hall–Kier alpha value is -1.84. The largest absolute Gasteiger partial charge is 0.477 e. The Morgan fingerprint density at radius 2 is 2.24 bits per heavy atom. The topological polar surface area (TPSA) is 39.4 Å². The number of allylic oxidation sites excluding steroid dienone is 2. The van der Waals surface area contributed by atoms with Crippen molar-refractivity contribution in [3.63, 3.8) is 0 Å². The van der Waals surface area contributed by atoms with Gasteiger partial charge in [-0.1, -0.05) is 12.2 Å². The van der Waals surface area contributed by atoms with E-state index in [0.717, 1.165) is 36.7 Å². The molecule has 4 nitrogen and oxygen atoms in total. The number of aromatic nitrogens is 3. The van der Waals surface area contributed by atoms with Crippen LogP contribution < -0.4 is 4.74 Å². The first-order chi connectivity index (χ1) is 8.33. The van der Waals surface area contributed by atoms with E-state index >= 15 is 0 Å². The van der Waals surface area contributed by atoms with Gasteiger partial charge in [-0.05, 0) is 25.7 Å². The molecule has 0 aromatic carbocycles. The van der Waals surface area contributed by atoms with Gasteiger partial charge in [0.15, 0.2) is 5.65 Å². The van der Waals surface area contributed by atoms with Gasteiger partial charge in [-0.15, -0.1) is 0 Å². The number of ether oxygens (including phenoxy) is 1. The highest BCUT2D eigenvalue weighted by Gasteiger charge is 2.12. The minimum absolute atomic E-state index is 0.606. The van der Waals surface area contributed by atoms with Crippen molar-refractivity contribution in [2.24, 2.45) is 5.92 Å². The summed E-state index contributed by atoms with van der Waals surface area (Å²) in [6.45, 7) is 2.71. The van der Waals surface area contributed by atoms with Gasteiger partial charge in [0.1, 0.15) is 0 Å². The van der Waals surface area contributed by atoms with E-state index in [9.17, 15) is 0 Å². The summed E-state index contributed by atoms with van der Waals surface area (Å²) in [6.07, 6.45) is 8.41. The van der Waals surface area contributed by atoms with E-state index in [0.29, 0.717) is 5.92 Å². The minimum Gasteiger partial charge on any atom is -0.477 e. The van der Waals surface area contributed by atoms with Crippen LogP contribution in [-0.2, 0) is 0 Å². The van der Waals surface area contributed by atoms with Gasteiger partial charge >= 0.3 is 0 Å². The van der Waals surface area contributed by atoms with E-state index in [1.807, 2.05) is 19.1 Å². The third-order valence-electron chi connectivity index (χ3n) is 3.03. The van der Waals surface area contributed by atoms with Crippen molar-refractivity contribution in [1.29, 1.82) is 0 Å². The predicted molar refractivity (Wildman–Crippen MR) is 65.1 cm³/mol. The summed E-state index contributed by atoms with van der Waals surface area (Å²) in [5, 5.41) is 4.22. The molecule has 1 aliphatic rings. The first-order valence-electron chi connectivity index (χ1n) is 5.92. The summed E-state index contributed by atoms with van der Waals surface area (Å²) in [5.74, 6) is 1.39. The lowest BCUT2D eigenvalue weighted by Crippen LogP contribution is -2.11. The van der Waals surface area contributed by atoms with Gasteiger partial charge in [-0.25, -0.2) is 4.98 Å². The molecule has 2 heterocycles. The highest BCUT2D eigenvalue weighted by Crippen LogP contribution is 2.20. The van der Waals surface area contributed by atoms with Crippen LogP contribution in [0.3, 0.4) is 0 Å². The predicted octanol–water partition coefficient (Wildman–Crippen LogP) is 2.38. The van der Waals surface area contributed by atoms with E-state index in [-0.39, 0.29) is 0 Å². The van der Waals surface area contributed by atoms with Crippen LogP contribution in [0.2, 0.25) is 0 Å². The molecule has 2 aromatic heterocycles. The number of hydrogen-bond donors (Lipinski definition) is 0. The van der Waals surface area contributed by atoms with Gasteiger partial charge in [-0.2, -0.15) is 9.61 Å². The molecule has 0 bridgehead atoms. The van der Waals surface area contributed by atoms with Crippen molar-refractivity contribution in [2.75, 3.05) is 6.61 Å². The molecule has 0 N–H and O–H groups in total. The SMILES string of the molecule is Cc1cc(OCC2CC=CC2)n2nccc2n1. The van der Waals surface area contributed by atoms with Crippen molar-refractivity contribution in [1.82, 2.24) is 14.6 Å². The number of rotatable bonds is 3. The molecule has 0 amide bonds. The first kappa shape index (κ1) is 10.3. The number of nitrogens with zero attached hydrogens (tertiary/aromatic N) is 3. The third kappa shape index (κ3) is 2.02. The van der Waals surface area contributed by atoms with Crippen molar-refractivity contribution in [2.45, 2.75) is 19.8 Å². The first-order valence-corrected chi connectivity index (χ1v) is 5.92. The molecule has 1 aliphatic carbocycles. The molecule has 0 fully saturated rings. The average molecular weight is 229 g/mol. The number of fused-ring (bicyclic) bond motifs is 1. The zero-order valence-corrected chi connectivity index (χ0v) is 9.84. The van der Waals surface area contributed by atoms with Crippen LogP contribution in [0, 0.1) is 12.8 Å². The minimum atomic E-state index is 0.606. The average Bonchev–Trinajstić information content (AvgIpc) is 2.95. The molecule has 88 valence electrons. The Labute approximate surface area is 99.9 Å². The molecule has 0 saturated heterocycles. The molecule has 0 saturated carbocycles. The smallest absolute Gasteiger partial charge is 0.218 e. The van der Waals surface area contributed by atoms with Crippen LogP contribution >= 0.6 is 0 Å². The maximum absolute atomic E-state index is 5.86. The Balaban J connectivity index is 1.81. The third-order valence-corrected chi connectivity index (χ3v) is 3.03. The zero-order valence-electron chi connectivity index (χ0n) is 9.84. The Kier molecular flexibility index (Phi) is 2.55. The molecular formula is C13H15N3O. The standard InChI is InChI=1S/C13H15N3O/c1-10-8-13(16-12(15-10)6-7-14-16)17-9-11-4-2-3-5-11/h2-3,6-8,11H,4-5,9H2,1H3.